The molecule has 1 aliphatic rings. The molecule has 2 heterocycles. The van der Waals surface area contributed by atoms with Crippen LogP contribution in [0.4, 0.5) is 11.6 Å². The van der Waals surface area contributed by atoms with Gasteiger partial charge in [-0.2, -0.15) is 0 Å². The van der Waals surface area contributed by atoms with Crippen LogP contribution in [0.1, 0.15) is 27.2 Å². The highest BCUT2D eigenvalue weighted by Gasteiger charge is 2.22. The number of nitrogens with zero attached hydrogens (tertiary/aromatic N) is 3. The highest BCUT2D eigenvalue weighted by molar-refractivity contribution is 5.50. The lowest BCUT2D eigenvalue weighted by Crippen LogP contribution is -2.27. The first-order valence-corrected chi connectivity index (χ1v) is 6.53. The standard InChI is InChI=1S/C13H23N5/c1-13(2,3)17-11-6-12(16-9-15-11)18-5-4-10(7-14)8-18/h6,9-10H,4-5,7-8,14H2,1-3H3,(H,15,16,17). The van der Waals surface area contributed by atoms with Gasteiger partial charge in [0.25, 0.3) is 0 Å². The molecule has 0 saturated carbocycles. The average Bonchev–Trinajstić information content (AvgIpc) is 2.75. The van der Waals surface area contributed by atoms with E-state index < -0.39 is 0 Å². The maximum Gasteiger partial charge on any atom is 0.134 e. The Hall–Kier alpha value is -1.36. The molecule has 100 valence electrons. The highest BCUT2D eigenvalue weighted by atomic mass is 15.2. The first-order chi connectivity index (χ1) is 8.48. The fourth-order valence-electron chi connectivity index (χ4n) is 2.21. The molecule has 1 aromatic rings. The maximum atomic E-state index is 5.72. The van der Waals surface area contributed by atoms with Gasteiger partial charge in [0.2, 0.25) is 0 Å². The van der Waals surface area contributed by atoms with Gasteiger partial charge < -0.3 is 16.0 Å². The quantitative estimate of drug-likeness (QED) is 0.849. The smallest absolute Gasteiger partial charge is 0.134 e. The normalized spacial score (nSPS) is 20.2. The molecule has 0 aromatic carbocycles. The molecule has 1 saturated heterocycles. The zero-order chi connectivity index (χ0) is 13.2. The van der Waals surface area contributed by atoms with Gasteiger partial charge in [-0.1, -0.05) is 0 Å². The number of nitrogens with one attached hydrogen (secondary N) is 1. The van der Waals surface area contributed by atoms with Gasteiger partial charge in [-0.3, -0.25) is 0 Å². The van der Waals surface area contributed by atoms with E-state index in [0.29, 0.717) is 5.92 Å². The van der Waals surface area contributed by atoms with Crippen molar-refractivity contribution in [2.24, 2.45) is 11.7 Å². The number of rotatable bonds is 3. The van der Waals surface area contributed by atoms with E-state index in [1.54, 1.807) is 6.33 Å². The Balaban J connectivity index is 2.08. The summed E-state index contributed by atoms with van der Waals surface area (Å²) in [5, 5.41) is 3.37. The molecule has 1 aromatic heterocycles. The van der Waals surface area contributed by atoms with E-state index in [9.17, 15) is 0 Å². The minimum absolute atomic E-state index is 0.0103. The molecule has 5 nitrogen and oxygen atoms in total. The molecule has 1 aliphatic heterocycles. The fourth-order valence-corrected chi connectivity index (χ4v) is 2.21. The van der Waals surface area contributed by atoms with Crippen LogP contribution in [-0.4, -0.2) is 35.1 Å². The number of aromatic nitrogens is 2. The van der Waals surface area contributed by atoms with Crippen molar-refractivity contribution in [3.63, 3.8) is 0 Å². The van der Waals surface area contributed by atoms with Crippen LogP contribution in [0, 0.1) is 5.92 Å². The third kappa shape index (κ3) is 3.32. The van der Waals surface area contributed by atoms with Gasteiger partial charge in [0.15, 0.2) is 0 Å². The Bertz CT molecular complexity index is 399. The van der Waals surface area contributed by atoms with Crippen molar-refractivity contribution < 1.29 is 0 Å². The summed E-state index contributed by atoms with van der Waals surface area (Å²) in [6.45, 7) is 9.16. The van der Waals surface area contributed by atoms with Crippen molar-refractivity contribution in [3.05, 3.63) is 12.4 Å². The molecular weight excluding hydrogens is 226 g/mol. The molecule has 0 bridgehead atoms. The summed E-state index contributed by atoms with van der Waals surface area (Å²) in [7, 11) is 0. The van der Waals surface area contributed by atoms with Crippen LogP contribution in [0.5, 0.6) is 0 Å². The molecule has 18 heavy (non-hydrogen) atoms. The van der Waals surface area contributed by atoms with Crippen LogP contribution in [0.15, 0.2) is 12.4 Å². The predicted molar refractivity (Wildman–Crippen MR) is 74.8 cm³/mol. The van der Waals surface area contributed by atoms with Crippen LogP contribution in [-0.2, 0) is 0 Å². The lowest BCUT2D eigenvalue weighted by atomic mass is 10.1. The lowest BCUT2D eigenvalue weighted by Gasteiger charge is -2.23. The lowest BCUT2D eigenvalue weighted by molar-refractivity contribution is 0.602. The Morgan fingerprint density at radius 1 is 1.44 bits per heavy atom. The molecule has 0 amide bonds. The molecular formula is C13H23N5. The van der Waals surface area contributed by atoms with Crippen molar-refractivity contribution in [1.82, 2.24) is 9.97 Å². The third-order valence-electron chi connectivity index (χ3n) is 3.10. The van der Waals surface area contributed by atoms with E-state index in [4.69, 9.17) is 5.73 Å². The Morgan fingerprint density at radius 2 is 2.22 bits per heavy atom. The van der Waals surface area contributed by atoms with Gasteiger partial charge in [-0.25, -0.2) is 9.97 Å². The fraction of sp³-hybridized carbons (Fsp3) is 0.692. The predicted octanol–water partition coefficient (Wildman–Crippen LogP) is 1.47. The van der Waals surface area contributed by atoms with E-state index in [1.807, 2.05) is 6.07 Å². The Kier molecular flexibility index (Phi) is 3.71. The third-order valence-corrected chi connectivity index (χ3v) is 3.10. The Morgan fingerprint density at radius 3 is 2.83 bits per heavy atom. The summed E-state index contributed by atoms with van der Waals surface area (Å²) in [5.41, 5.74) is 5.73. The van der Waals surface area contributed by atoms with Crippen LogP contribution >= 0.6 is 0 Å². The minimum atomic E-state index is 0.0103. The summed E-state index contributed by atoms with van der Waals surface area (Å²) in [6.07, 6.45) is 2.78. The zero-order valence-corrected chi connectivity index (χ0v) is 11.5. The number of anilines is 2. The zero-order valence-electron chi connectivity index (χ0n) is 11.5. The van der Waals surface area contributed by atoms with Crippen molar-refractivity contribution >= 4 is 11.6 Å². The average molecular weight is 249 g/mol. The van der Waals surface area contributed by atoms with Crippen LogP contribution in [0.25, 0.3) is 0 Å². The van der Waals surface area contributed by atoms with Gasteiger partial charge in [-0.15, -0.1) is 0 Å². The molecule has 0 radical (unpaired) electrons. The monoisotopic (exact) mass is 249 g/mol. The largest absolute Gasteiger partial charge is 0.365 e. The van der Waals surface area contributed by atoms with Crippen LogP contribution in [0.3, 0.4) is 0 Å². The summed E-state index contributed by atoms with van der Waals surface area (Å²) >= 11 is 0. The number of hydrogen-bond acceptors (Lipinski definition) is 5. The van der Waals surface area contributed by atoms with Gasteiger partial charge in [0.1, 0.15) is 18.0 Å². The molecule has 0 spiro atoms. The summed E-state index contributed by atoms with van der Waals surface area (Å²) in [6, 6.07) is 2.02. The van der Waals surface area contributed by atoms with Gasteiger partial charge in [-0.05, 0) is 39.7 Å². The van der Waals surface area contributed by atoms with Crippen molar-refractivity contribution in [1.29, 1.82) is 0 Å². The summed E-state index contributed by atoms with van der Waals surface area (Å²) in [4.78, 5) is 10.9. The second-order valence-electron chi connectivity index (χ2n) is 5.97. The van der Waals surface area contributed by atoms with Crippen molar-refractivity contribution in [3.8, 4) is 0 Å². The van der Waals surface area contributed by atoms with Crippen molar-refractivity contribution in [2.75, 3.05) is 29.9 Å². The van der Waals surface area contributed by atoms with E-state index in [0.717, 1.165) is 37.7 Å². The second-order valence-corrected chi connectivity index (χ2v) is 5.97. The molecule has 0 aliphatic carbocycles. The molecule has 3 N–H and O–H groups in total. The molecule has 5 heteroatoms. The topological polar surface area (TPSA) is 67.1 Å². The highest BCUT2D eigenvalue weighted by Crippen LogP contribution is 2.23. The molecule has 1 atom stereocenters. The van der Waals surface area contributed by atoms with Crippen LogP contribution < -0.4 is 16.0 Å². The first-order valence-electron chi connectivity index (χ1n) is 6.53. The van der Waals surface area contributed by atoms with E-state index >= 15 is 0 Å². The van der Waals surface area contributed by atoms with E-state index in [2.05, 4.69) is 41.0 Å². The summed E-state index contributed by atoms with van der Waals surface area (Å²) in [5.74, 6) is 2.47. The Labute approximate surface area is 109 Å². The second kappa shape index (κ2) is 5.10. The van der Waals surface area contributed by atoms with Gasteiger partial charge in [0, 0.05) is 24.7 Å². The van der Waals surface area contributed by atoms with E-state index in [-0.39, 0.29) is 5.54 Å². The minimum Gasteiger partial charge on any atom is -0.365 e. The SMILES string of the molecule is CC(C)(C)Nc1cc(N2CCC(CN)C2)ncn1. The van der Waals surface area contributed by atoms with Gasteiger partial charge in [0.05, 0.1) is 0 Å². The molecule has 1 fully saturated rings. The summed E-state index contributed by atoms with van der Waals surface area (Å²) < 4.78 is 0. The number of hydrogen-bond donors (Lipinski definition) is 2. The molecule has 1 unspecified atom stereocenters. The van der Waals surface area contributed by atoms with E-state index in [1.165, 1.54) is 0 Å². The maximum absolute atomic E-state index is 5.72. The van der Waals surface area contributed by atoms with Gasteiger partial charge >= 0.3 is 0 Å². The van der Waals surface area contributed by atoms with Crippen molar-refractivity contribution in [2.45, 2.75) is 32.7 Å². The molecule has 2 rings (SSSR count). The van der Waals surface area contributed by atoms with Crippen LogP contribution in [0.2, 0.25) is 0 Å². The first kappa shape index (κ1) is 13.1. The number of nitrogens with two attached hydrogens (primary N) is 1.